The molecule has 0 spiro atoms. The number of phenolic OH excluding ortho intramolecular Hbond substituents is 1. The summed E-state index contributed by atoms with van der Waals surface area (Å²) in [6.07, 6.45) is 1.80. The molecule has 0 atom stereocenters. The summed E-state index contributed by atoms with van der Waals surface area (Å²) in [7, 11) is 4.06. The Morgan fingerprint density at radius 2 is 2.00 bits per heavy atom. The summed E-state index contributed by atoms with van der Waals surface area (Å²) in [5.74, 6) is -0.973. The molecule has 19 heavy (non-hydrogen) atoms. The van der Waals surface area contributed by atoms with Crippen LogP contribution in [0, 0.1) is 5.82 Å². The molecule has 1 heterocycles. The molecular formula is C14H19FN2O2. The van der Waals surface area contributed by atoms with Gasteiger partial charge in [0.2, 0.25) is 0 Å². The van der Waals surface area contributed by atoms with Crippen LogP contribution in [0.5, 0.6) is 5.75 Å². The summed E-state index contributed by atoms with van der Waals surface area (Å²) in [4.78, 5) is 16.1. The molecule has 0 aromatic heterocycles. The van der Waals surface area contributed by atoms with Gasteiger partial charge < -0.3 is 14.9 Å². The smallest absolute Gasteiger partial charge is 0.257 e. The van der Waals surface area contributed by atoms with Crippen LogP contribution in [0.15, 0.2) is 18.2 Å². The number of likely N-dealkylation sites (tertiary alicyclic amines) is 1. The highest BCUT2D eigenvalue weighted by Crippen LogP contribution is 2.22. The fourth-order valence-electron chi connectivity index (χ4n) is 2.44. The summed E-state index contributed by atoms with van der Waals surface area (Å²) >= 11 is 0. The van der Waals surface area contributed by atoms with E-state index < -0.39 is 5.82 Å². The predicted octanol–water partition coefficient (Wildman–Crippen LogP) is 1.70. The van der Waals surface area contributed by atoms with Crippen LogP contribution >= 0.6 is 0 Å². The summed E-state index contributed by atoms with van der Waals surface area (Å²) in [6, 6.07) is 3.93. The third-order valence-corrected chi connectivity index (χ3v) is 3.67. The SMILES string of the molecule is CN(C)C1CCN(C(=O)c2cc(F)ccc2O)CC1. The fraction of sp³-hybridized carbons (Fsp3) is 0.500. The van der Waals surface area contributed by atoms with Crippen molar-refractivity contribution in [1.29, 1.82) is 0 Å². The van der Waals surface area contributed by atoms with Gasteiger partial charge >= 0.3 is 0 Å². The molecule has 0 bridgehead atoms. The van der Waals surface area contributed by atoms with Crippen molar-refractivity contribution in [3.8, 4) is 5.75 Å². The third-order valence-electron chi connectivity index (χ3n) is 3.67. The lowest BCUT2D eigenvalue weighted by atomic mass is 10.0. The summed E-state index contributed by atoms with van der Waals surface area (Å²) in [6.45, 7) is 1.27. The molecule has 4 nitrogen and oxygen atoms in total. The van der Waals surface area contributed by atoms with Gasteiger partial charge in [0, 0.05) is 19.1 Å². The van der Waals surface area contributed by atoms with Crippen LogP contribution in [-0.4, -0.2) is 54.0 Å². The van der Waals surface area contributed by atoms with Crippen molar-refractivity contribution in [2.75, 3.05) is 27.2 Å². The maximum atomic E-state index is 13.2. The fourth-order valence-corrected chi connectivity index (χ4v) is 2.44. The van der Waals surface area contributed by atoms with Gasteiger partial charge in [-0.3, -0.25) is 4.79 Å². The molecule has 1 saturated heterocycles. The molecule has 2 rings (SSSR count). The lowest BCUT2D eigenvalue weighted by molar-refractivity contribution is 0.0660. The second-order valence-electron chi connectivity index (χ2n) is 5.15. The molecular weight excluding hydrogens is 247 g/mol. The van der Waals surface area contributed by atoms with Gasteiger partial charge in [-0.1, -0.05) is 0 Å². The summed E-state index contributed by atoms with van der Waals surface area (Å²) in [5.41, 5.74) is 0.0447. The molecule has 1 amide bonds. The lowest BCUT2D eigenvalue weighted by Crippen LogP contribution is -2.44. The molecule has 0 aliphatic carbocycles. The molecule has 0 radical (unpaired) electrons. The first-order valence-electron chi connectivity index (χ1n) is 6.43. The van der Waals surface area contributed by atoms with E-state index in [2.05, 4.69) is 4.90 Å². The number of piperidine rings is 1. The van der Waals surface area contributed by atoms with E-state index in [9.17, 15) is 14.3 Å². The Balaban J connectivity index is 2.07. The van der Waals surface area contributed by atoms with Gasteiger partial charge in [0.15, 0.2) is 0 Å². The molecule has 1 aromatic carbocycles. The van der Waals surface area contributed by atoms with Crippen LogP contribution in [0.3, 0.4) is 0 Å². The highest BCUT2D eigenvalue weighted by Gasteiger charge is 2.26. The maximum Gasteiger partial charge on any atom is 0.257 e. The minimum absolute atomic E-state index is 0.0447. The highest BCUT2D eigenvalue weighted by molar-refractivity contribution is 5.96. The number of amides is 1. The number of benzene rings is 1. The Bertz CT molecular complexity index is 469. The van der Waals surface area contributed by atoms with Crippen molar-refractivity contribution in [3.63, 3.8) is 0 Å². The normalized spacial score (nSPS) is 16.9. The average Bonchev–Trinajstić information content (AvgIpc) is 2.41. The second kappa shape index (κ2) is 5.57. The number of hydrogen-bond donors (Lipinski definition) is 1. The first kappa shape index (κ1) is 13.8. The average molecular weight is 266 g/mol. The number of aromatic hydroxyl groups is 1. The maximum absolute atomic E-state index is 13.2. The standard InChI is InChI=1S/C14H19FN2O2/c1-16(2)11-5-7-17(8-6-11)14(19)12-9-10(15)3-4-13(12)18/h3-4,9,11,18H,5-8H2,1-2H3. The number of phenols is 1. The van der Waals surface area contributed by atoms with E-state index in [1.54, 1.807) is 4.90 Å². The minimum Gasteiger partial charge on any atom is -0.507 e. The van der Waals surface area contributed by atoms with Crippen LogP contribution in [0.25, 0.3) is 0 Å². The van der Waals surface area contributed by atoms with Crippen LogP contribution < -0.4 is 0 Å². The molecule has 0 saturated carbocycles. The Kier molecular flexibility index (Phi) is 4.04. The number of hydrogen-bond acceptors (Lipinski definition) is 3. The number of carbonyl (C=O) groups is 1. The molecule has 104 valence electrons. The van der Waals surface area contributed by atoms with Crippen molar-refractivity contribution in [2.45, 2.75) is 18.9 Å². The van der Waals surface area contributed by atoms with E-state index in [4.69, 9.17) is 0 Å². The zero-order chi connectivity index (χ0) is 14.0. The summed E-state index contributed by atoms with van der Waals surface area (Å²) < 4.78 is 13.2. The first-order valence-corrected chi connectivity index (χ1v) is 6.43. The number of carbonyl (C=O) groups excluding carboxylic acids is 1. The lowest BCUT2D eigenvalue weighted by Gasteiger charge is -2.35. The Morgan fingerprint density at radius 3 is 2.58 bits per heavy atom. The predicted molar refractivity (Wildman–Crippen MR) is 70.7 cm³/mol. The van der Waals surface area contributed by atoms with Gasteiger partial charge in [-0.15, -0.1) is 0 Å². The minimum atomic E-state index is -0.510. The van der Waals surface area contributed by atoms with Gasteiger partial charge in [-0.2, -0.15) is 0 Å². The first-order chi connectivity index (χ1) is 8.99. The molecule has 1 N–H and O–H groups in total. The molecule has 1 aliphatic heterocycles. The molecule has 1 aromatic rings. The van der Waals surface area contributed by atoms with Crippen LogP contribution in [0.4, 0.5) is 4.39 Å². The molecule has 1 aliphatic rings. The number of rotatable bonds is 2. The van der Waals surface area contributed by atoms with Crippen molar-refractivity contribution in [3.05, 3.63) is 29.6 Å². The molecule has 1 fully saturated rings. The zero-order valence-corrected chi connectivity index (χ0v) is 11.3. The van der Waals surface area contributed by atoms with Crippen molar-refractivity contribution in [2.24, 2.45) is 0 Å². The zero-order valence-electron chi connectivity index (χ0n) is 11.3. The van der Waals surface area contributed by atoms with E-state index in [0.717, 1.165) is 25.0 Å². The Hall–Kier alpha value is -1.62. The van der Waals surface area contributed by atoms with E-state index in [1.807, 2.05) is 14.1 Å². The van der Waals surface area contributed by atoms with Crippen LogP contribution in [0.1, 0.15) is 23.2 Å². The van der Waals surface area contributed by atoms with Gasteiger partial charge in [-0.25, -0.2) is 4.39 Å². The molecule has 5 heteroatoms. The van der Waals surface area contributed by atoms with Crippen molar-refractivity contribution >= 4 is 5.91 Å². The monoisotopic (exact) mass is 266 g/mol. The Labute approximate surface area is 112 Å². The van der Waals surface area contributed by atoms with E-state index >= 15 is 0 Å². The summed E-state index contributed by atoms with van der Waals surface area (Å²) in [5, 5.41) is 9.65. The van der Waals surface area contributed by atoms with Gasteiger partial charge in [0.05, 0.1) is 5.56 Å². The number of halogens is 1. The van der Waals surface area contributed by atoms with Crippen LogP contribution in [-0.2, 0) is 0 Å². The van der Waals surface area contributed by atoms with Gasteiger partial charge in [-0.05, 0) is 45.1 Å². The number of nitrogens with zero attached hydrogens (tertiary/aromatic N) is 2. The van der Waals surface area contributed by atoms with Crippen LogP contribution in [0.2, 0.25) is 0 Å². The largest absolute Gasteiger partial charge is 0.507 e. The quantitative estimate of drug-likeness (QED) is 0.886. The second-order valence-corrected chi connectivity index (χ2v) is 5.15. The van der Waals surface area contributed by atoms with Gasteiger partial charge in [0.1, 0.15) is 11.6 Å². The van der Waals surface area contributed by atoms with Crippen molar-refractivity contribution in [1.82, 2.24) is 9.80 Å². The Morgan fingerprint density at radius 1 is 1.37 bits per heavy atom. The third kappa shape index (κ3) is 3.04. The van der Waals surface area contributed by atoms with E-state index in [1.165, 1.54) is 6.07 Å². The van der Waals surface area contributed by atoms with Gasteiger partial charge in [0.25, 0.3) is 5.91 Å². The van der Waals surface area contributed by atoms with Crippen molar-refractivity contribution < 1.29 is 14.3 Å². The van der Waals surface area contributed by atoms with E-state index in [-0.39, 0.29) is 17.2 Å². The van der Waals surface area contributed by atoms with E-state index in [0.29, 0.717) is 19.1 Å². The molecule has 0 unspecified atom stereocenters. The highest BCUT2D eigenvalue weighted by atomic mass is 19.1. The topological polar surface area (TPSA) is 43.8 Å².